The van der Waals surface area contributed by atoms with Gasteiger partial charge in [0.2, 0.25) is 0 Å². The highest BCUT2D eigenvalue weighted by molar-refractivity contribution is 6.99. The van der Waals surface area contributed by atoms with E-state index in [9.17, 15) is 0 Å². The Bertz CT molecular complexity index is 480. The third kappa shape index (κ3) is 3.15. The van der Waals surface area contributed by atoms with Gasteiger partial charge in [-0.3, -0.25) is 0 Å². The molecule has 1 heterocycles. The lowest BCUT2D eigenvalue weighted by Crippen LogP contribution is -2.18. The summed E-state index contributed by atoms with van der Waals surface area (Å²) in [6.45, 7) is 4.49. The third-order valence-electron chi connectivity index (χ3n) is 2.89. The maximum absolute atomic E-state index is 4.32. The Morgan fingerprint density at radius 3 is 2.78 bits per heavy atom. The molecule has 0 aliphatic carbocycles. The van der Waals surface area contributed by atoms with Crippen molar-refractivity contribution in [2.24, 2.45) is 5.92 Å². The smallest absolute Gasteiger partial charge is 0.0957 e. The summed E-state index contributed by atoms with van der Waals surface area (Å²) in [6, 6.07) is 8.85. The SMILES string of the molecule is CNC(c1cccc(CC(C)C)c1)c1cnsn1. The summed E-state index contributed by atoms with van der Waals surface area (Å²) in [7, 11) is 1.96. The summed E-state index contributed by atoms with van der Waals surface area (Å²) in [5, 5.41) is 3.31. The first kappa shape index (κ1) is 13.2. The van der Waals surface area contributed by atoms with E-state index in [4.69, 9.17) is 0 Å². The zero-order chi connectivity index (χ0) is 13.0. The summed E-state index contributed by atoms with van der Waals surface area (Å²) >= 11 is 1.25. The van der Waals surface area contributed by atoms with Gasteiger partial charge in [-0.05, 0) is 30.5 Å². The summed E-state index contributed by atoms with van der Waals surface area (Å²) in [5.41, 5.74) is 3.62. The predicted molar refractivity (Wildman–Crippen MR) is 75.8 cm³/mol. The minimum atomic E-state index is 0.135. The molecule has 0 radical (unpaired) electrons. The molecule has 0 bridgehead atoms. The maximum atomic E-state index is 4.32. The van der Waals surface area contributed by atoms with Gasteiger partial charge in [0.05, 0.1) is 29.7 Å². The van der Waals surface area contributed by atoms with Crippen LogP contribution in [0.3, 0.4) is 0 Å². The van der Waals surface area contributed by atoms with Gasteiger partial charge >= 0.3 is 0 Å². The van der Waals surface area contributed by atoms with Crippen LogP contribution in [0.4, 0.5) is 0 Å². The van der Waals surface area contributed by atoms with Crippen molar-refractivity contribution in [2.75, 3.05) is 7.05 Å². The van der Waals surface area contributed by atoms with Crippen LogP contribution in [0.25, 0.3) is 0 Å². The summed E-state index contributed by atoms with van der Waals surface area (Å²) < 4.78 is 8.40. The molecule has 0 spiro atoms. The molecule has 1 aromatic carbocycles. The van der Waals surface area contributed by atoms with Crippen molar-refractivity contribution in [3.05, 3.63) is 47.3 Å². The van der Waals surface area contributed by atoms with Crippen molar-refractivity contribution < 1.29 is 0 Å². The Hall–Kier alpha value is -1.26. The lowest BCUT2D eigenvalue weighted by atomic mass is 9.97. The number of nitrogens with one attached hydrogen (secondary N) is 1. The normalized spacial score (nSPS) is 12.9. The first-order valence-corrected chi connectivity index (χ1v) is 6.97. The van der Waals surface area contributed by atoms with Crippen molar-refractivity contribution in [3.63, 3.8) is 0 Å². The molecule has 3 nitrogen and oxygen atoms in total. The van der Waals surface area contributed by atoms with Crippen LogP contribution < -0.4 is 5.32 Å². The van der Waals surface area contributed by atoms with Crippen LogP contribution in [-0.4, -0.2) is 15.8 Å². The van der Waals surface area contributed by atoms with Gasteiger partial charge in [0.15, 0.2) is 0 Å². The molecule has 96 valence electrons. The van der Waals surface area contributed by atoms with E-state index in [0.29, 0.717) is 5.92 Å². The molecular formula is C14H19N3S. The molecule has 2 rings (SSSR count). The van der Waals surface area contributed by atoms with E-state index >= 15 is 0 Å². The van der Waals surface area contributed by atoms with E-state index in [1.165, 1.54) is 22.9 Å². The summed E-state index contributed by atoms with van der Waals surface area (Å²) in [5.74, 6) is 0.675. The van der Waals surface area contributed by atoms with Gasteiger partial charge in [-0.25, -0.2) is 0 Å². The Morgan fingerprint density at radius 1 is 1.33 bits per heavy atom. The fraction of sp³-hybridized carbons (Fsp3) is 0.429. The Labute approximate surface area is 113 Å². The van der Waals surface area contributed by atoms with E-state index in [1.54, 1.807) is 0 Å². The van der Waals surface area contributed by atoms with Crippen molar-refractivity contribution in [1.82, 2.24) is 14.1 Å². The predicted octanol–water partition coefficient (Wildman–Crippen LogP) is 3.05. The fourth-order valence-corrected chi connectivity index (χ4v) is 2.60. The topological polar surface area (TPSA) is 37.8 Å². The van der Waals surface area contributed by atoms with Crippen LogP contribution in [0.1, 0.15) is 36.7 Å². The van der Waals surface area contributed by atoms with E-state index < -0.39 is 0 Å². The van der Waals surface area contributed by atoms with Crippen LogP contribution >= 0.6 is 11.7 Å². The summed E-state index contributed by atoms with van der Waals surface area (Å²) in [4.78, 5) is 0. The van der Waals surface area contributed by atoms with Crippen LogP contribution in [0, 0.1) is 5.92 Å². The summed E-state index contributed by atoms with van der Waals surface area (Å²) in [6.07, 6.45) is 2.94. The maximum Gasteiger partial charge on any atom is 0.0957 e. The molecule has 0 fully saturated rings. The number of rotatable bonds is 5. The molecule has 0 amide bonds. The minimum Gasteiger partial charge on any atom is -0.308 e. The highest BCUT2D eigenvalue weighted by atomic mass is 32.1. The highest BCUT2D eigenvalue weighted by Gasteiger charge is 2.14. The van der Waals surface area contributed by atoms with Gasteiger partial charge in [0, 0.05) is 0 Å². The standard InChI is InChI=1S/C14H19N3S/c1-10(2)7-11-5-4-6-12(8-11)14(15-3)13-9-16-18-17-13/h4-6,8-10,14-15H,7H2,1-3H3. The van der Waals surface area contributed by atoms with E-state index in [2.05, 4.69) is 52.2 Å². The lowest BCUT2D eigenvalue weighted by molar-refractivity contribution is 0.641. The van der Waals surface area contributed by atoms with Gasteiger partial charge in [-0.15, -0.1) is 0 Å². The number of hydrogen-bond acceptors (Lipinski definition) is 4. The molecule has 0 saturated heterocycles. The van der Waals surface area contributed by atoms with Crippen molar-refractivity contribution in [2.45, 2.75) is 26.3 Å². The average Bonchev–Trinajstić information content (AvgIpc) is 2.83. The van der Waals surface area contributed by atoms with Gasteiger partial charge in [0.1, 0.15) is 0 Å². The molecule has 1 aromatic heterocycles. The second-order valence-corrected chi connectivity index (χ2v) is 5.45. The van der Waals surface area contributed by atoms with Crippen molar-refractivity contribution >= 4 is 11.7 Å². The number of benzene rings is 1. The second-order valence-electron chi connectivity index (χ2n) is 4.90. The average molecular weight is 261 g/mol. The third-order valence-corrected chi connectivity index (χ3v) is 3.38. The molecular weight excluding hydrogens is 242 g/mol. The first-order valence-electron chi connectivity index (χ1n) is 6.24. The van der Waals surface area contributed by atoms with Crippen LogP contribution in [-0.2, 0) is 6.42 Å². The van der Waals surface area contributed by atoms with Gasteiger partial charge in [-0.2, -0.15) is 8.75 Å². The molecule has 0 aliphatic rings. The number of nitrogens with zero attached hydrogens (tertiary/aromatic N) is 2. The minimum absolute atomic E-state index is 0.135. The van der Waals surface area contributed by atoms with Crippen molar-refractivity contribution in [3.8, 4) is 0 Å². The fourth-order valence-electron chi connectivity index (χ4n) is 2.16. The van der Waals surface area contributed by atoms with E-state index in [1.807, 2.05) is 13.2 Å². The zero-order valence-corrected chi connectivity index (χ0v) is 11.9. The van der Waals surface area contributed by atoms with Crippen molar-refractivity contribution in [1.29, 1.82) is 0 Å². The van der Waals surface area contributed by atoms with Gasteiger partial charge in [-0.1, -0.05) is 38.1 Å². The molecule has 0 saturated carbocycles. The molecule has 4 heteroatoms. The molecule has 1 N–H and O–H groups in total. The zero-order valence-electron chi connectivity index (χ0n) is 11.1. The number of hydrogen-bond donors (Lipinski definition) is 1. The quantitative estimate of drug-likeness (QED) is 0.899. The van der Waals surface area contributed by atoms with Crippen LogP contribution in [0.2, 0.25) is 0 Å². The Kier molecular flexibility index (Phi) is 4.44. The highest BCUT2D eigenvalue weighted by Crippen LogP contribution is 2.22. The lowest BCUT2D eigenvalue weighted by Gasteiger charge is -2.15. The molecule has 1 unspecified atom stereocenters. The van der Waals surface area contributed by atoms with Gasteiger partial charge < -0.3 is 5.32 Å². The van der Waals surface area contributed by atoms with E-state index in [0.717, 1.165) is 12.1 Å². The Morgan fingerprint density at radius 2 is 2.17 bits per heavy atom. The molecule has 18 heavy (non-hydrogen) atoms. The largest absolute Gasteiger partial charge is 0.308 e. The van der Waals surface area contributed by atoms with Crippen LogP contribution in [0.5, 0.6) is 0 Å². The molecule has 2 aromatic rings. The second kappa shape index (κ2) is 6.07. The monoisotopic (exact) mass is 261 g/mol. The molecule has 0 aliphatic heterocycles. The van der Waals surface area contributed by atoms with E-state index in [-0.39, 0.29) is 6.04 Å². The number of aromatic nitrogens is 2. The van der Waals surface area contributed by atoms with Gasteiger partial charge in [0.25, 0.3) is 0 Å². The first-order chi connectivity index (χ1) is 8.70. The van der Waals surface area contributed by atoms with Crippen LogP contribution in [0.15, 0.2) is 30.5 Å². The molecule has 1 atom stereocenters. The Balaban J connectivity index is 2.26.